The first-order valence-electron chi connectivity index (χ1n) is 10.8. The van der Waals surface area contributed by atoms with E-state index in [2.05, 4.69) is 4.99 Å². The van der Waals surface area contributed by atoms with Crippen LogP contribution in [0.3, 0.4) is 0 Å². The molecule has 0 spiro atoms. The first kappa shape index (κ1) is 24.0. The summed E-state index contributed by atoms with van der Waals surface area (Å²) < 4.78 is 16.9. The van der Waals surface area contributed by atoms with Gasteiger partial charge in [-0.1, -0.05) is 47.5 Å². The third-order valence-electron chi connectivity index (χ3n) is 5.06. The molecule has 0 bridgehead atoms. The summed E-state index contributed by atoms with van der Waals surface area (Å²) in [5.41, 5.74) is 2.91. The standard InChI is InChI=1S/C26H21ClN2O6/c1-3-33-23-13-18(11-21(27)24(23)34-15-17-9-7-16(2)8-10-17)12-22-26(30)35-25(28-22)19-5-4-6-20(14-19)29(31)32/h4-14H,3,15H2,1-2H3. The number of cyclic esters (lactones) is 1. The molecule has 9 heteroatoms. The number of nitrogens with zero attached hydrogens (tertiary/aromatic N) is 2. The van der Waals surface area contributed by atoms with Gasteiger partial charge >= 0.3 is 5.97 Å². The van der Waals surface area contributed by atoms with E-state index in [1.807, 2.05) is 38.1 Å². The van der Waals surface area contributed by atoms with Crippen LogP contribution in [0.4, 0.5) is 5.69 Å². The largest absolute Gasteiger partial charge is 0.490 e. The maximum atomic E-state index is 12.4. The molecular weight excluding hydrogens is 472 g/mol. The summed E-state index contributed by atoms with van der Waals surface area (Å²) in [6, 6.07) is 17.0. The molecule has 0 aromatic heterocycles. The number of aliphatic imine (C=N–C) groups is 1. The van der Waals surface area contributed by atoms with E-state index in [1.54, 1.807) is 18.2 Å². The van der Waals surface area contributed by atoms with Gasteiger partial charge in [0, 0.05) is 17.7 Å². The third-order valence-corrected chi connectivity index (χ3v) is 5.34. The summed E-state index contributed by atoms with van der Waals surface area (Å²) in [6.07, 6.45) is 1.50. The summed E-state index contributed by atoms with van der Waals surface area (Å²) in [6.45, 7) is 4.55. The van der Waals surface area contributed by atoms with Crippen molar-refractivity contribution in [3.63, 3.8) is 0 Å². The monoisotopic (exact) mass is 492 g/mol. The number of rotatable bonds is 8. The van der Waals surface area contributed by atoms with Crippen molar-refractivity contribution in [1.29, 1.82) is 0 Å². The third kappa shape index (κ3) is 5.67. The first-order chi connectivity index (χ1) is 16.8. The van der Waals surface area contributed by atoms with E-state index in [0.29, 0.717) is 40.9 Å². The molecule has 1 heterocycles. The lowest BCUT2D eigenvalue weighted by molar-refractivity contribution is -0.384. The molecule has 0 N–H and O–H groups in total. The van der Waals surface area contributed by atoms with Crippen molar-refractivity contribution >= 4 is 35.2 Å². The molecule has 0 fully saturated rings. The van der Waals surface area contributed by atoms with Gasteiger partial charge in [-0.25, -0.2) is 9.79 Å². The van der Waals surface area contributed by atoms with E-state index < -0.39 is 10.9 Å². The van der Waals surface area contributed by atoms with Crippen LogP contribution in [0.1, 0.15) is 29.2 Å². The van der Waals surface area contributed by atoms with Crippen molar-refractivity contribution in [2.75, 3.05) is 6.61 Å². The Balaban J connectivity index is 1.61. The highest BCUT2D eigenvalue weighted by atomic mass is 35.5. The number of ether oxygens (including phenoxy) is 3. The van der Waals surface area contributed by atoms with Crippen LogP contribution in [0.2, 0.25) is 5.02 Å². The Bertz CT molecular complexity index is 1350. The van der Waals surface area contributed by atoms with Gasteiger partial charge in [-0.2, -0.15) is 0 Å². The molecule has 35 heavy (non-hydrogen) atoms. The van der Waals surface area contributed by atoms with Gasteiger partial charge in [0.25, 0.3) is 5.69 Å². The van der Waals surface area contributed by atoms with E-state index in [0.717, 1.165) is 11.1 Å². The number of nitro benzene ring substituents is 1. The van der Waals surface area contributed by atoms with Crippen LogP contribution in [0, 0.1) is 17.0 Å². The second-order valence-electron chi connectivity index (χ2n) is 7.68. The van der Waals surface area contributed by atoms with Gasteiger partial charge in [-0.3, -0.25) is 10.1 Å². The quantitative estimate of drug-likeness (QED) is 0.168. The van der Waals surface area contributed by atoms with Crippen LogP contribution in [0.15, 0.2) is 71.4 Å². The van der Waals surface area contributed by atoms with Gasteiger partial charge in [0.05, 0.1) is 16.6 Å². The van der Waals surface area contributed by atoms with Gasteiger partial charge in [-0.15, -0.1) is 0 Å². The second-order valence-corrected chi connectivity index (χ2v) is 8.09. The fourth-order valence-corrected chi connectivity index (χ4v) is 3.63. The van der Waals surface area contributed by atoms with Crippen LogP contribution >= 0.6 is 11.6 Å². The Kier molecular flexibility index (Phi) is 7.12. The SMILES string of the molecule is CCOc1cc(C=C2N=C(c3cccc([N+](=O)[O-])c3)OC2=O)cc(Cl)c1OCc1ccc(C)cc1. The number of hydrogen-bond donors (Lipinski definition) is 0. The fourth-order valence-electron chi connectivity index (χ4n) is 3.36. The molecular formula is C26H21ClN2O6. The Hall–Kier alpha value is -4.17. The molecule has 0 amide bonds. The number of hydrogen-bond acceptors (Lipinski definition) is 7. The molecule has 8 nitrogen and oxygen atoms in total. The average Bonchev–Trinajstić information content (AvgIpc) is 3.20. The van der Waals surface area contributed by atoms with Crippen molar-refractivity contribution in [2.24, 2.45) is 4.99 Å². The Morgan fingerprint density at radius 2 is 1.89 bits per heavy atom. The molecule has 3 aromatic carbocycles. The Labute approximate surface area is 206 Å². The molecule has 1 aliphatic rings. The maximum absolute atomic E-state index is 12.4. The van der Waals surface area contributed by atoms with Crippen molar-refractivity contribution in [3.8, 4) is 11.5 Å². The summed E-state index contributed by atoms with van der Waals surface area (Å²) in [7, 11) is 0. The van der Waals surface area contributed by atoms with Crippen molar-refractivity contribution in [2.45, 2.75) is 20.5 Å². The van der Waals surface area contributed by atoms with Gasteiger partial charge in [0.1, 0.15) is 6.61 Å². The lowest BCUT2D eigenvalue weighted by Crippen LogP contribution is -2.05. The second kappa shape index (κ2) is 10.4. The highest BCUT2D eigenvalue weighted by Gasteiger charge is 2.25. The van der Waals surface area contributed by atoms with Gasteiger partial charge in [0.15, 0.2) is 17.2 Å². The molecule has 1 aliphatic heterocycles. The van der Waals surface area contributed by atoms with Crippen molar-refractivity contribution in [3.05, 3.63) is 104 Å². The van der Waals surface area contributed by atoms with Crippen molar-refractivity contribution in [1.82, 2.24) is 0 Å². The summed E-state index contributed by atoms with van der Waals surface area (Å²) in [4.78, 5) is 27.1. The van der Waals surface area contributed by atoms with Gasteiger partial charge < -0.3 is 14.2 Å². The van der Waals surface area contributed by atoms with Crippen molar-refractivity contribution < 1.29 is 23.9 Å². The number of esters is 1. The van der Waals surface area contributed by atoms with Crippen LogP contribution in [0.5, 0.6) is 11.5 Å². The van der Waals surface area contributed by atoms with E-state index in [-0.39, 0.29) is 17.3 Å². The molecule has 0 radical (unpaired) electrons. The number of aryl methyl sites for hydroxylation is 1. The minimum absolute atomic E-state index is 0.0147. The number of non-ortho nitro benzene ring substituents is 1. The zero-order valence-corrected chi connectivity index (χ0v) is 19.7. The highest BCUT2D eigenvalue weighted by Crippen LogP contribution is 2.38. The summed E-state index contributed by atoms with van der Waals surface area (Å²) in [5.74, 6) is 0.124. The number of carbonyl (C=O) groups excluding carboxylic acids is 1. The summed E-state index contributed by atoms with van der Waals surface area (Å²) >= 11 is 6.51. The molecule has 0 saturated carbocycles. The van der Waals surface area contributed by atoms with E-state index in [9.17, 15) is 14.9 Å². The van der Waals surface area contributed by atoms with E-state index in [1.165, 1.54) is 24.3 Å². The van der Waals surface area contributed by atoms with E-state index in [4.69, 9.17) is 25.8 Å². The van der Waals surface area contributed by atoms with Gasteiger partial charge in [0.2, 0.25) is 5.90 Å². The summed E-state index contributed by atoms with van der Waals surface area (Å²) in [5, 5.41) is 11.3. The zero-order chi connectivity index (χ0) is 24.9. The molecule has 178 valence electrons. The smallest absolute Gasteiger partial charge is 0.363 e. The average molecular weight is 493 g/mol. The predicted octanol–water partition coefficient (Wildman–Crippen LogP) is 5.88. The fraction of sp³-hybridized carbons (Fsp3) is 0.154. The molecule has 0 unspecified atom stereocenters. The minimum atomic E-state index is -0.680. The molecule has 0 atom stereocenters. The lowest BCUT2D eigenvalue weighted by atomic mass is 10.1. The van der Waals surface area contributed by atoms with Crippen LogP contribution in [-0.4, -0.2) is 23.4 Å². The Morgan fingerprint density at radius 1 is 1.11 bits per heavy atom. The van der Waals surface area contributed by atoms with Crippen LogP contribution < -0.4 is 9.47 Å². The first-order valence-corrected chi connectivity index (χ1v) is 11.1. The molecule has 3 aromatic rings. The topological polar surface area (TPSA) is 100 Å². The number of carbonyl (C=O) groups is 1. The molecule has 4 rings (SSSR count). The number of nitro groups is 1. The minimum Gasteiger partial charge on any atom is -0.490 e. The molecule has 0 aliphatic carbocycles. The number of benzene rings is 3. The van der Waals surface area contributed by atoms with Crippen LogP contribution in [0.25, 0.3) is 6.08 Å². The van der Waals surface area contributed by atoms with Crippen LogP contribution in [-0.2, 0) is 16.1 Å². The highest BCUT2D eigenvalue weighted by molar-refractivity contribution is 6.32. The van der Waals surface area contributed by atoms with Gasteiger partial charge in [-0.05, 0) is 49.2 Å². The van der Waals surface area contributed by atoms with E-state index >= 15 is 0 Å². The Morgan fingerprint density at radius 3 is 2.60 bits per heavy atom. The normalized spacial score (nSPS) is 14.0. The lowest BCUT2D eigenvalue weighted by Gasteiger charge is -2.14. The maximum Gasteiger partial charge on any atom is 0.363 e. The molecule has 0 saturated heterocycles. The number of halogens is 1. The predicted molar refractivity (Wildman–Crippen MR) is 132 cm³/mol. The zero-order valence-electron chi connectivity index (χ0n) is 19.0.